The Morgan fingerprint density at radius 3 is 2.06 bits per heavy atom. The minimum absolute atomic E-state index is 0.259. The summed E-state index contributed by atoms with van der Waals surface area (Å²) in [6, 6.07) is 7.69. The van der Waals surface area contributed by atoms with Crippen molar-refractivity contribution < 1.29 is 19.1 Å². The van der Waals surface area contributed by atoms with Crippen LogP contribution in [0, 0.1) is 0 Å². The first-order valence-electron chi connectivity index (χ1n) is 12.7. The maximum Gasteiger partial charge on any atom is 0.338 e. The molecule has 1 aliphatic carbocycles. The summed E-state index contributed by atoms with van der Waals surface area (Å²) in [5.74, 6) is 0.584. The molecule has 4 heteroatoms. The number of unbranched alkanes of at least 4 members (excludes halogenated alkanes) is 5. The predicted molar refractivity (Wildman–Crippen MR) is 139 cm³/mol. The maximum atomic E-state index is 12.6. The van der Waals surface area contributed by atoms with Gasteiger partial charge in [-0.15, -0.1) is 0 Å². The normalized spacial score (nSPS) is 15.0. The van der Waals surface area contributed by atoms with Gasteiger partial charge in [0.05, 0.1) is 0 Å². The average Bonchev–Trinajstić information content (AvgIpc) is 2.82. The number of rotatable bonds is 11. The average molecular weight is 463 g/mol. The van der Waals surface area contributed by atoms with Crippen molar-refractivity contribution in [3.05, 3.63) is 59.7 Å². The van der Waals surface area contributed by atoms with E-state index in [0.29, 0.717) is 22.6 Å². The summed E-state index contributed by atoms with van der Waals surface area (Å²) in [6.45, 7) is 13.1. The van der Waals surface area contributed by atoms with Crippen LogP contribution in [0.1, 0.15) is 95.6 Å². The third kappa shape index (κ3) is 5.97. The Morgan fingerprint density at radius 2 is 1.44 bits per heavy atom. The summed E-state index contributed by atoms with van der Waals surface area (Å²) in [6.07, 6.45) is 11.3. The van der Waals surface area contributed by atoms with Gasteiger partial charge in [-0.25, -0.2) is 9.59 Å². The minimum Gasteiger partial charge on any atom is -0.422 e. The second kappa shape index (κ2) is 12.0. The van der Waals surface area contributed by atoms with Crippen molar-refractivity contribution in [2.75, 3.05) is 0 Å². The van der Waals surface area contributed by atoms with Crippen LogP contribution in [0.4, 0.5) is 0 Å². The van der Waals surface area contributed by atoms with Gasteiger partial charge in [-0.3, -0.25) is 0 Å². The molecular formula is C30H38O4. The van der Waals surface area contributed by atoms with E-state index >= 15 is 0 Å². The first kappa shape index (κ1) is 25.7. The molecule has 182 valence electrons. The molecule has 1 atom stereocenters. The van der Waals surface area contributed by atoms with E-state index in [1.54, 1.807) is 13.8 Å². The summed E-state index contributed by atoms with van der Waals surface area (Å²) in [7, 11) is 0. The van der Waals surface area contributed by atoms with Crippen molar-refractivity contribution >= 4 is 22.7 Å². The smallest absolute Gasteiger partial charge is 0.338 e. The molecule has 0 heterocycles. The SMILES string of the molecule is C=C(C)C(=O)Oc1c2c(c(OC(=O)C(=C)C)c3ccccc13)C(CCCCCCCC)CCC2. The second-order valence-electron chi connectivity index (χ2n) is 9.58. The lowest BCUT2D eigenvalue weighted by molar-refractivity contribution is -0.131. The van der Waals surface area contributed by atoms with E-state index in [0.717, 1.165) is 54.0 Å². The molecule has 2 aromatic carbocycles. The van der Waals surface area contributed by atoms with Crippen molar-refractivity contribution in [1.82, 2.24) is 0 Å². The van der Waals surface area contributed by atoms with Crippen LogP contribution in [0.15, 0.2) is 48.6 Å². The topological polar surface area (TPSA) is 52.6 Å². The third-order valence-electron chi connectivity index (χ3n) is 6.64. The van der Waals surface area contributed by atoms with Crippen LogP contribution < -0.4 is 9.47 Å². The van der Waals surface area contributed by atoms with E-state index in [2.05, 4.69) is 20.1 Å². The zero-order chi connectivity index (χ0) is 24.7. The molecule has 2 aromatic rings. The highest BCUT2D eigenvalue weighted by Gasteiger charge is 2.31. The largest absolute Gasteiger partial charge is 0.422 e. The summed E-state index contributed by atoms with van der Waals surface area (Å²) in [4.78, 5) is 25.2. The lowest BCUT2D eigenvalue weighted by Crippen LogP contribution is -2.19. The summed E-state index contributed by atoms with van der Waals surface area (Å²) in [5, 5.41) is 1.57. The molecule has 0 saturated heterocycles. The maximum absolute atomic E-state index is 12.6. The number of hydrogen-bond donors (Lipinski definition) is 0. The number of carbonyl (C=O) groups is 2. The molecule has 1 aliphatic rings. The zero-order valence-corrected chi connectivity index (χ0v) is 21.0. The quantitative estimate of drug-likeness (QED) is 0.147. The third-order valence-corrected chi connectivity index (χ3v) is 6.64. The van der Waals surface area contributed by atoms with Gasteiger partial charge in [-0.2, -0.15) is 0 Å². The number of esters is 2. The van der Waals surface area contributed by atoms with Crippen LogP contribution in [-0.2, 0) is 16.0 Å². The lowest BCUT2D eigenvalue weighted by atomic mass is 9.77. The molecule has 0 fully saturated rings. The van der Waals surface area contributed by atoms with E-state index in [1.807, 2.05) is 24.3 Å². The molecule has 0 saturated carbocycles. The van der Waals surface area contributed by atoms with Crippen LogP contribution in [-0.4, -0.2) is 11.9 Å². The highest BCUT2D eigenvalue weighted by atomic mass is 16.5. The Balaban J connectivity index is 2.08. The van der Waals surface area contributed by atoms with E-state index in [-0.39, 0.29) is 5.92 Å². The number of hydrogen-bond acceptors (Lipinski definition) is 4. The Bertz CT molecular complexity index is 1080. The number of carbonyl (C=O) groups excluding carboxylic acids is 2. The molecule has 0 aliphatic heterocycles. The van der Waals surface area contributed by atoms with Crippen LogP contribution in [0.25, 0.3) is 10.8 Å². The Morgan fingerprint density at radius 1 is 0.882 bits per heavy atom. The van der Waals surface area contributed by atoms with Gasteiger partial charge in [0.1, 0.15) is 11.5 Å². The fourth-order valence-corrected chi connectivity index (χ4v) is 4.84. The molecule has 0 N–H and O–H groups in total. The van der Waals surface area contributed by atoms with Crippen molar-refractivity contribution in [3.63, 3.8) is 0 Å². The van der Waals surface area contributed by atoms with Crippen molar-refractivity contribution in [2.24, 2.45) is 0 Å². The molecule has 0 amide bonds. The van der Waals surface area contributed by atoms with Gasteiger partial charge in [0.15, 0.2) is 0 Å². The van der Waals surface area contributed by atoms with Crippen molar-refractivity contribution in [1.29, 1.82) is 0 Å². The number of ether oxygens (including phenoxy) is 2. The molecule has 4 nitrogen and oxygen atoms in total. The second-order valence-corrected chi connectivity index (χ2v) is 9.58. The molecule has 34 heavy (non-hydrogen) atoms. The van der Waals surface area contributed by atoms with E-state index in [1.165, 1.54) is 32.1 Å². The van der Waals surface area contributed by atoms with E-state index in [9.17, 15) is 9.59 Å². The van der Waals surface area contributed by atoms with Gasteiger partial charge in [-0.05, 0) is 45.4 Å². The van der Waals surface area contributed by atoms with Crippen LogP contribution in [0.2, 0.25) is 0 Å². The van der Waals surface area contributed by atoms with Crippen LogP contribution >= 0.6 is 0 Å². The molecule has 1 unspecified atom stereocenters. The zero-order valence-electron chi connectivity index (χ0n) is 21.0. The van der Waals surface area contributed by atoms with E-state index in [4.69, 9.17) is 9.47 Å². The monoisotopic (exact) mass is 462 g/mol. The van der Waals surface area contributed by atoms with Gasteiger partial charge < -0.3 is 9.47 Å². The summed E-state index contributed by atoms with van der Waals surface area (Å²) >= 11 is 0. The molecule has 0 radical (unpaired) electrons. The van der Waals surface area contributed by atoms with Gasteiger partial charge in [-0.1, -0.05) is 82.9 Å². The Labute approximate surface area is 204 Å². The molecule has 3 rings (SSSR count). The first-order valence-corrected chi connectivity index (χ1v) is 12.7. The van der Waals surface area contributed by atoms with Gasteiger partial charge >= 0.3 is 11.9 Å². The van der Waals surface area contributed by atoms with Crippen molar-refractivity contribution in [2.45, 2.75) is 90.9 Å². The van der Waals surface area contributed by atoms with Crippen LogP contribution in [0.5, 0.6) is 11.5 Å². The first-order chi connectivity index (χ1) is 16.3. The molecule has 0 aromatic heterocycles. The predicted octanol–water partition coefficient (Wildman–Crippen LogP) is 7.97. The molecular weight excluding hydrogens is 424 g/mol. The number of fused-ring (bicyclic) bond motifs is 2. The lowest BCUT2D eigenvalue weighted by Gasteiger charge is -2.30. The number of benzene rings is 2. The summed E-state index contributed by atoms with van der Waals surface area (Å²) in [5.41, 5.74) is 2.73. The van der Waals surface area contributed by atoms with Crippen molar-refractivity contribution in [3.8, 4) is 11.5 Å². The highest BCUT2D eigenvalue weighted by Crippen LogP contribution is 2.50. The Kier molecular flexibility index (Phi) is 9.09. The highest BCUT2D eigenvalue weighted by molar-refractivity contribution is 6.01. The van der Waals surface area contributed by atoms with Gasteiger partial charge in [0.2, 0.25) is 0 Å². The fraction of sp³-hybridized carbons (Fsp3) is 0.467. The molecule has 0 bridgehead atoms. The summed E-state index contributed by atoms with van der Waals surface area (Å²) < 4.78 is 11.9. The van der Waals surface area contributed by atoms with Gasteiger partial charge in [0, 0.05) is 33.0 Å². The standard InChI is InChI=1S/C30H38O4/c1-6-7-8-9-10-11-15-22-16-14-19-25-26(22)28(34-30(32)21(4)5)24-18-13-12-17-23(24)27(25)33-29(31)20(2)3/h12-13,17-18,22H,2,4,6-11,14-16,19H2,1,3,5H3. The Hall–Kier alpha value is -2.88. The van der Waals surface area contributed by atoms with E-state index < -0.39 is 11.9 Å². The van der Waals surface area contributed by atoms with Gasteiger partial charge in [0.25, 0.3) is 0 Å². The molecule has 0 spiro atoms. The fourth-order valence-electron chi connectivity index (χ4n) is 4.84. The van der Waals surface area contributed by atoms with Crippen LogP contribution in [0.3, 0.4) is 0 Å². The minimum atomic E-state index is -0.433.